The topological polar surface area (TPSA) is 230 Å². The van der Waals surface area contributed by atoms with Gasteiger partial charge in [-0.15, -0.1) is 0 Å². The van der Waals surface area contributed by atoms with Crippen molar-refractivity contribution in [2.75, 3.05) is 13.2 Å². The number of ether oxygens (including phenoxy) is 4. The molecule has 352 valence electrons. The van der Waals surface area contributed by atoms with Crippen molar-refractivity contribution in [3.05, 3.63) is 0 Å². The maximum Gasteiger partial charge on any atom is 0.309 e. The predicted octanol–water partition coefficient (Wildman–Crippen LogP) is 5.27. The van der Waals surface area contributed by atoms with Crippen LogP contribution in [-0.4, -0.2) is 124 Å². The van der Waals surface area contributed by atoms with Gasteiger partial charge in [0.15, 0.2) is 6.29 Å². The van der Waals surface area contributed by atoms with Crippen molar-refractivity contribution in [2.24, 2.45) is 5.92 Å². The van der Waals surface area contributed by atoms with Gasteiger partial charge >= 0.3 is 11.9 Å². The number of unbranched alkanes of at least 4 members (excludes halogenated alkanes) is 12. The van der Waals surface area contributed by atoms with Gasteiger partial charge in [-0.25, -0.2) is 0 Å². The van der Waals surface area contributed by atoms with Gasteiger partial charge in [0.05, 0.1) is 50.7 Å². The molecule has 2 amide bonds. The zero-order valence-corrected chi connectivity index (χ0v) is 37.8. The molecule has 0 aromatic heterocycles. The van der Waals surface area contributed by atoms with Crippen LogP contribution in [-0.2, 0) is 38.1 Å². The van der Waals surface area contributed by atoms with E-state index in [9.17, 15) is 44.7 Å². The molecule has 0 bridgehead atoms. The van der Waals surface area contributed by atoms with Crippen LogP contribution < -0.4 is 10.6 Å². The number of aliphatic hydroxyl groups excluding tert-OH is 5. The van der Waals surface area contributed by atoms with Crippen molar-refractivity contribution < 1.29 is 63.7 Å². The Balaban J connectivity index is 3.11. The van der Waals surface area contributed by atoms with E-state index in [-0.39, 0.29) is 31.8 Å². The Morgan fingerprint density at radius 3 is 1.53 bits per heavy atom. The van der Waals surface area contributed by atoms with Gasteiger partial charge in [-0.1, -0.05) is 118 Å². The first-order valence-electron chi connectivity index (χ1n) is 23.2. The fraction of sp³-hybridized carbons (Fsp3) is 0.911. The molecule has 60 heavy (non-hydrogen) atoms. The molecule has 0 saturated carbocycles. The molecule has 1 fully saturated rings. The van der Waals surface area contributed by atoms with E-state index < -0.39 is 91.5 Å². The lowest BCUT2D eigenvalue weighted by Crippen LogP contribution is -2.58. The highest BCUT2D eigenvalue weighted by Crippen LogP contribution is 2.26. The molecule has 10 unspecified atom stereocenters. The molecular weight excluding hydrogens is 776 g/mol. The summed E-state index contributed by atoms with van der Waals surface area (Å²) in [4.78, 5) is 53.3. The van der Waals surface area contributed by atoms with E-state index in [1.807, 2.05) is 13.8 Å². The summed E-state index contributed by atoms with van der Waals surface area (Å²) in [6.45, 7) is 10.9. The number of hydrogen-bond acceptors (Lipinski definition) is 13. The second-order valence-electron chi connectivity index (χ2n) is 17.2. The molecule has 1 rings (SSSR count). The molecule has 1 saturated heterocycles. The first kappa shape index (κ1) is 55.6. The number of carbonyl (C=O) groups excluding carboxylic acids is 4. The quantitative estimate of drug-likeness (QED) is 0.0319. The predicted molar refractivity (Wildman–Crippen MR) is 228 cm³/mol. The second-order valence-corrected chi connectivity index (χ2v) is 17.2. The molecule has 1 aliphatic heterocycles. The van der Waals surface area contributed by atoms with Gasteiger partial charge in [-0.05, 0) is 51.4 Å². The smallest absolute Gasteiger partial charge is 0.309 e. The van der Waals surface area contributed by atoms with E-state index in [1.54, 1.807) is 6.92 Å². The van der Waals surface area contributed by atoms with E-state index >= 15 is 0 Å². The number of esters is 2. The minimum absolute atomic E-state index is 0.189. The molecule has 0 aromatic rings. The highest BCUT2D eigenvalue weighted by molar-refractivity contribution is 5.88. The Kier molecular flexibility index (Phi) is 30.8. The van der Waals surface area contributed by atoms with Gasteiger partial charge < -0.3 is 55.1 Å². The average molecular weight is 861 g/mol. The zero-order valence-electron chi connectivity index (χ0n) is 37.8. The van der Waals surface area contributed by atoms with Gasteiger partial charge in [0.2, 0.25) is 11.8 Å². The normalized spacial score (nSPS) is 21.8. The third-order valence-corrected chi connectivity index (χ3v) is 11.0. The van der Waals surface area contributed by atoms with Gasteiger partial charge in [-0.2, -0.15) is 0 Å². The molecule has 0 aromatic carbocycles. The fourth-order valence-corrected chi connectivity index (χ4v) is 7.41. The van der Waals surface area contributed by atoms with Gasteiger partial charge in [0, 0.05) is 0 Å². The van der Waals surface area contributed by atoms with Crippen LogP contribution in [0.15, 0.2) is 0 Å². The van der Waals surface area contributed by atoms with Gasteiger partial charge in [0.1, 0.15) is 36.6 Å². The van der Waals surface area contributed by atoms with Crippen LogP contribution in [0, 0.1) is 5.92 Å². The average Bonchev–Trinajstić information content (AvgIpc) is 3.19. The summed E-state index contributed by atoms with van der Waals surface area (Å²) in [5.41, 5.74) is 0. The minimum atomic E-state index is -1.53. The lowest BCUT2D eigenvalue weighted by atomic mass is 9.99. The summed E-state index contributed by atoms with van der Waals surface area (Å²) >= 11 is 0. The number of nitrogens with one attached hydrogen (secondary N) is 2. The van der Waals surface area contributed by atoms with Crippen LogP contribution in [0.1, 0.15) is 183 Å². The maximum atomic E-state index is 13.6. The molecule has 7 N–H and O–H groups in total. The minimum Gasteiger partial charge on any atom is -0.462 e. The SMILES string of the molecule is CCCCCCCC(CC(=O)NC(CO)C(=O)NC(CO)CC(C)C)OC(=O)CC(CCCCCCC)OC(=O)CC(CCCCCCC)OC1OC(C)C(O)C(O)C1O. The largest absolute Gasteiger partial charge is 0.462 e. The summed E-state index contributed by atoms with van der Waals surface area (Å²) in [5, 5.41) is 56.0. The van der Waals surface area contributed by atoms with Crippen molar-refractivity contribution in [3.63, 3.8) is 0 Å². The Labute approximate surface area is 360 Å². The molecule has 15 nitrogen and oxygen atoms in total. The zero-order chi connectivity index (χ0) is 44.9. The molecule has 0 radical (unpaired) electrons. The first-order valence-corrected chi connectivity index (χ1v) is 23.2. The second kappa shape index (κ2) is 33.2. The molecule has 0 aliphatic carbocycles. The maximum absolute atomic E-state index is 13.6. The van der Waals surface area contributed by atoms with E-state index in [1.165, 1.54) is 0 Å². The number of aliphatic hydroxyl groups is 5. The van der Waals surface area contributed by atoms with Crippen molar-refractivity contribution in [2.45, 2.75) is 244 Å². The van der Waals surface area contributed by atoms with Crippen molar-refractivity contribution in [3.8, 4) is 0 Å². The van der Waals surface area contributed by atoms with Gasteiger partial charge in [-0.3, -0.25) is 19.2 Å². The number of amides is 2. The highest BCUT2D eigenvalue weighted by atomic mass is 16.7. The Morgan fingerprint density at radius 2 is 1.07 bits per heavy atom. The van der Waals surface area contributed by atoms with Gasteiger partial charge in [0.25, 0.3) is 0 Å². The third-order valence-electron chi connectivity index (χ3n) is 11.0. The summed E-state index contributed by atoms with van der Waals surface area (Å²) in [6, 6.07) is -1.79. The number of hydrogen-bond donors (Lipinski definition) is 7. The Bertz CT molecular complexity index is 1160. The van der Waals surface area contributed by atoms with E-state index in [0.717, 1.165) is 83.5 Å². The van der Waals surface area contributed by atoms with Crippen LogP contribution in [0.5, 0.6) is 0 Å². The fourth-order valence-electron chi connectivity index (χ4n) is 7.41. The van der Waals surface area contributed by atoms with Crippen LogP contribution in [0.25, 0.3) is 0 Å². The monoisotopic (exact) mass is 861 g/mol. The first-order chi connectivity index (χ1) is 28.7. The van der Waals surface area contributed by atoms with Crippen molar-refractivity contribution >= 4 is 23.8 Å². The van der Waals surface area contributed by atoms with Crippen LogP contribution in [0.4, 0.5) is 0 Å². The van der Waals surface area contributed by atoms with E-state index in [0.29, 0.717) is 38.5 Å². The molecule has 1 aliphatic rings. The summed E-state index contributed by atoms with van der Waals surface area (Å²) in [7, 11) is 0. The van der Waals surface area contributed by atoms with Crippen molar-refractivity contribution in [1.82, 2.24) is 10.6 Å². The molecule has 10 atom stereocenters. The molecule has 15 heteroatoms. The van der Waals surface area contributed by atoms with E-state index in [2.05, 4.69) is 31.4 Å². The Morgan fingerprint density at radius 1 is 0.600 bits per heavy atom. The summed E-state index contributed by atoms with van der Waals surface area (Å²) in [5.74, 6) is -2.24. The van der Waals surface area contributed by atoms with Crippen LogP contribution in [0.3, 0.4) is 0 Å². The molecule has 0 spiro atoms. The van der Waals surface area contributed by atoms with Crippen LogP contribution in [0.2, 0.25) is 0 Å². The lowest BCUT2D eigenvalue weighted by molar-refractivity contribution is -0.304. The lowest BCUT2D eigenvalue weighted by Gasteiger charge is -2.40. The summed E-state index contributed by atoms with van der Waals surface area (Å²) in [6.07, 6.45) is 6.59. The third kappa shape index (κ3) is 24.3. The highest BCUT2D eigenvalue weighted by Gasteiger charge is 2.43. The van der Waals surface area contributed by atoms with Crippen LogP contribution >= 0.6 is 0 Å². The summed E-state index contributed by atoms with van der Waals surface area (Å²) < 4.78 is 23.6. The van der Waals surface area contributed by atoms with Crippen molar-refractivity contribution in [1.29, 1.82) is 0 Å². The van der Waals surface area contributed by atoms with E-state index in [4.69, 9.17) is 18.9 Å². The standard InChI is InChI=1S/C45H84N2O13/c1-7-10-13-16-19-22-34(26-38(50)47-37(30-49)44(56)46-33(29-48)25-31(4)5)58-39(51)27-35(23-20-17-14-11-8-2)59-40(52)28-36(24-21-18-15-12-9-3)60-45-43(55)42(54)41(53)32(6)57-45/h31-37,41-43,45,48-49,53-55H,7-30H2,1-6H3,(H,46,56)(H,47,50). The molecular formula is C45H84N2O13. The number of carbonyl (C=O) groups is 4. The molecule has 1 heterocycles. The number of rotatable bonds is 35. The Hall–Kier alpha value is -2.40.